The Balaban J connectivity index is 1.49. The summed E-state index contributed by atoms with van der Waals surface area (Å²) in [5, 5.41) is 8.25. The molecule has 9 nitrogen and oxygen atoms in total. The lowest BCUT2D eigenvalue weighted by Crippen LogP contribution is -2.34. The molecule has 4 aromatic rings. The Bertz CT molecular complexity index is 1550. The first-order valence-electron chi connectivity index (χ1n) is 12.0. The van der Waals surface area contributed by atoms with Crippen LogP contribution in [0.5, 0.6) is 17.2 Å². The lowest BCUT2D eigenvalue weighted by atomic mass is 10.0. The maximum atomic E-state index is 13.0. The van der Waals surface area contributed by atoms with Gasteiger partial charge in [-0.2, -0.15) is 5.10 Å². The average Bonchev–Trinajstić information content (AvgIpc) is 2.96. The third kappa shape index (κ3) is 6.58. The molecule has 0 heterocycles. The number of nitrogens with one attached hydrogen (secondary N) is 2. The van der Waals surface area contributed by atoms with Crippen molar-refractivity contribution in [2.24, 2.45) is 5.10 Å². The number of carbonyl (C=O) groups excluding carboxylic acids is 3. The molecule has 9 heteroatoms. The topological polar surface area (TPSA) is 115 Å². The minimum atomic E-state index is -0.608. The fraction of sp³-hybridized carbons (Fsp3) is 0.133. The van der Waals surface area contributed by atoms with E-state index in [4.69, 9.17) is 14.2 Å². The van der Waals surface area contributed by atoms with Crippen LogP contribution in [0.2, 0.25) is 0 Å². The van der Waals surface area contributed by atoms with Gasteiger partial charge in [-0.05, 0) is 54.1 Å². The van der Waals surface area contributed by atoms with Crippen LogP contribution >= 0.6 is 0 Å². The summed E-state index contributed by atoms with van der Waals surface area (Å²) in [6, 6.07) is 22.7. The molecule has 0 bridgehead atoms. The van der Waals surface area contributed by atoms with Gasteiger partial charge in [0.15, 0.2) is 11.5 Å². The first-order chi connectivity index (χ1) is 18.9. The first-order valence-corrected chi connectivity index (χ1v) is 12.0. The molecule has 0 saturated carbocycles. The smallest absolute Gasteiger partial charge is 0.343 e. The standard InChI is InChI=1S/C30H27N3O6/c1-19-8-10-21(11-9-19)29(35)31-18-28(34)33-32-17-24-23-7-5-4-6-20(23)12-14-25(24)39-30(36)22-13-15-26(37-2)27(16-22)38-3/h4-17H,18H2,1-3H3,(H,31,35)(H,33,34). The van der Waals surface area contributed by atoms with Gasteiger partial charge in [0.25, 0.3) is 11.8 Å². The second-order valence-corrected chi connectivity index (χ2v) is 8.50. The van der Waals surface area contributed by atoms with Gasteiger partial charge in [-0.3, -0.25) is 9.59 Å². The molecule has 4 rings (SSSR count). The van der Waals surface area contributed by atoms with Crippen molar-refractivity contribution in [3.8, 4) is 17.2 Å². The van der Waals surface area contributed by atoms with Crippen molar-refractivity contribution in [2.75, 3.05) is 20.8 Å². The minimum Gasteiger partial charge on any atom is -0.493 e. The molecule has 2 amide bonds. The molecule has 0 unspecified atom stereocenters. The molecule has 0 radical (unpaired) electrons. The number of hydrazone groups is 1. The Morgan fingerprint density at radius 3 is 2.26 bits per heavy atom. The molecule has 39 heavy (non-hydrogen) atoms. The van der Waals surface area contributed by atoms with E-state index < -0.39 is 11.9 Å². The Morgan fingerprint density at radius 1 is 0.821 bits per heavy atom. The van der Waals surface area contributed by atoms with Gasteiger partial charge >= 0.3 is 5.97 Å². The summed E-state index contributed by atoms with van der Waals surface area (Å²) >= 11 is 0. The Hall–Kier alpha value is -5.18. The molecule has 198 valence electrons. The second kappa shape index (κ2) is 12.4. The van der Waals surface area contributed by atoms with E-state index in [2.05, 4.69) is 15.8 Å². The van der Waals surface area contributed by atoms with Gasteiger partial charge < -0.3 is 19.5 Å². The summed E-state index contributed by atoms with van der Waals surface area (Å²) < 4.78 is 16.2. The molecular formula is C30H27N3O6. The molecule has 0 atom stereocenters. The molecule has 0 spiro atoms. The summed E-state index contributed by atoms with van der Waals surface area (Å²) in [7, 11) is 2.99. The van der Waals surface area contributed by atoms with Crippen LogP contribution in [-0.4, -0.2) is 44.8 Å². The molecule has 0 aliphatic heterocycles. The quantitative estimate of drug-likeness (QED) is 0.146. The van der Waals surface area contributed by atoms with E-state index in [0.29, 0.717) is 22.6 Å². The summed E-state index contributed by atoms with van der Waals surface area (Å²) in [6.45, 7) is 1.66. The second-order valence-electron chi connectivity index (χ2n) is 8.50. The van der Waals surface area contributed by atoms with Crippen molar-refractivity contribution in [1.29, 1.82) is 0 Å². The number of benzene rings is 4. The van der Waals surface area contributed by atoms with Crippen LogP contribution in [0.3, 0.4) is 0 Å². The van der Waals surface area contributed by atoms with Crippen LogP contribution in [-0.2, 0) is 4.79 Å². The number of esters is 1. The van der Waals surface area contributed by atoms with Gasteiger partial charge in [-0.1, -0.05) is 48.0 Å². The van der Waals surface area contributed by atoms with Crippen LogP contribution in [0, 0.1) is 6.92 Å². The van der Waals surface area contributed by atoms with Crippen molar-refractivity contribution >= 4 is 34.8 Å². The summed E-state index contributed by atoms with van der Waals surface area (Å²) in [5.41, 5.74) is 4.63. The first kappa shape index (κ1) is 26.9. The van der Waals surface area contributed by atoms with Crippen LogP contribution < -0.4 is 25.0 Å². The number of fused-ring (bicyclic) bond motifs is 1. The van der Waals surface area contributed by atoms with Crippen LogP contribution in [0.1, 0.15) is 31.8 Å². The highest BCUT2D eigenvalue weighted by molar-refractivity contribution is 6.04. The highest BCUT2D eigenvalue weighted by Crippen LogP contribution is 2.30. The third-order valence-electron chi connectivity index (χ3n) is 5.86. The highest BCUT2D eigenvalue weighted by atomic mass is 16.5. The largest absolute Gasteiger partial charge is 0.493 e. The van der Waals surface area contributed by atoms with E-state index in [-0.39, 0.29) is 23.8 Å². The van der Waals surface area contributed by atoms with Gasteiger partial charge in [-0.25, -0.2) is 10.2 Å². The van der Waals surface area contributed by atoms with Crippen LogP contribution in [0.25, 0.3) is 10.8 Å². The number of rotatable bonds is 9. The van der Waals surface area contributed by atoms with Crippen LogP contribution in [0.15, 0.2) is 84.0 Å². The van der Waals surface area contributed by atoms with Gasteiger partial charge in [0.1, 0.15) is 5.75 Å². The summed E-state index contributed by atoms with van der Waals surface area (Å²) in [4.78, 5) is 37.5. The zero-order valence-corrected chi connectivity index (χ0v) is 21.7. The normalized spacial score (nSPS) is 10.7. The number of carbonyl (C=O) groups is 3. The fourth-order valence-corrected chi connectivity index (χ4v) is 3.80. The van der Waals surface area contributed by atoms with Gasteiger partial charge in [0.05, 0.1) is 32.5 Å². The molecule has 4 aromatic carbocycles. The maximum absolute atomic E-state index is 13.0. The number of nitrogens with zero attached hydrogens (tertiary/aromatic N) is 1. The molecule has 2 N–H and O–H groups in total. The van der Waals surface area contributed by atoms with Crippen LogP contribution in [0.4, 0.5) is 0 Å². The van der Waals surface area contributed by atoms with Crippen molar-refractivity contribution < 1.29 is 28.6 Å². The molecule has 0 fully saturated rings. The number of ether oxygens (including phenoxy) is 3. The summed E-state index contributed by atoms with van der Waals surface area (Å²) in [6.07, 6.45) is 1.40. The predicted molar refractivity (Wildman–Crippen MR) is 148 cm³/mol. The Kier molecular flexibility index (Phi) is 8.53. The average molecular weight is 526 g/mol. The zero-order chi connectivity index (χ0) is 27.8. The van der Waals surface area contributed by atoms with E-state index in [0.717, 1.165) is 16.3 Å². The van der Waals surface area contributed by atoms with Crippen molar-refractivity contribution in [1.82, 2.24) is 10.7 Å². The lowest BCUT2D eigenvalue weighted by molar-refractivity contribution is -0.120. The number of aryl methyl sites for hydroxylation is 1. The summed E-state index contributed by atoms with van der Waals surface area (Å²) in [5.74, 6) is -0.367. The number of hydrogen-bond donors (Lipinski definition) is 2. The van der Waals surface area contributed by atoms with E-state index in [9.17, 15) is 14.4 Å². The van der Waals surface area contributed by atoms with Crippen molar-refractivity contribution in [2.45, 2.75) is 6.92 Å². The van der Waals surface area contributed by atoms with Gasteiger partial charge in [0, 0.05) is 11.1 Å². The fourth-order valence-electron chi connectivity index (χ4n) is 3.80. The number of amides is 2. The maximum Gasteiger partial charge on any atom is 0.343 e. The zero-order valence-electron chi connectivity index (χ0n) is 21.7. The predicted octanol–water partition coefficient (Wildman–Crippen LogP) is 4.26. The Morgan fingerprint density at radius 2 is 1.51 bits per heavy atom. The molecule has 0 saturated heterocycles. The van der Waals surface area contributed by atoms with Crippen molar-refractivity contribution in [3.63, 3.8) is 0 Å². The van der Waals surface area contributed by atoms with E-state index in [1.165, 1.54) is 26.5 Å². The Labute approximate surface area is 225 Å². The molecule has 0 aliphatic rings. The highest BCUT2D eigenvalue weighted by Gasteiger charge is 2.16. The third-order valence-corrected chi connectivity index (χ3v) is 5.86. The monoisotopic (exact) mass is 525 g/mol. The SMILES string of the molecule is COc1ccc(C(=O)Oc2ccc3ccccc3c2C=NNC(=O)CNC(=O)c2ccc(C)cc2)cc1OC. The number of methoxy groups -OCH3 is 2. The van der Waals surface area contributed by atoms with E-state index in [1.54, 1.807) is 30.3 Å². The van der Waals surface area contributed by atoms with E-state index in [1.807, 2.05) is 49.4 Å². The van der Waals surface area contributed by atoms with E-state index >= 15 is 0 Å². The number of hydrogen-bond acceptors (Lipinski definition) is 7. The molecular weight excluding hydrogens is 498 g/mol. The van der Waals surface area contributed by atoms with Gasteiger partial charge in [-0.15, -0.1) is 0 Å². The van der Waals surface area contributed by atoms with Crippen molar-refractivity contribution in [3.05, 3.63) is 101 Å². The molecule has 0 aromatic heterocycles. The van der Waals surface area contributed by atoms with Gasteiger partial charge in [0.2, 0.25) is 0 Å². The molecule has 0 aliphatic carbocycles. The minimum absolute atomic E-state index is 0.249. The lowest BCUT2D eigenvalue weighted by Gasteiger charge is -2.12.